The fourth-order valence-electron chi connectivity index (χ4n) is 2.23. The van der Waals surface area contributed by atoms with Gasteiger partial charge in [0.2, 0.25) is 5.16 Å². The number of halogens is 3. The highest BCUT2D eigenvalue weighted by molar-refractivity contribution is 7.99. The van der Waals surface area contributed by atoms with E-state index in [9.17, 15) is 13.2 Å². The summed E-state index contributed by atoms with van der Waals surface area (Å²) in [5.41, 5.74) is -0.409. The van der Waals surface area contributed by atoms with Gasteiger partial charge in [-0.3, -0.25) is 4.40 Å². The van der Waals surface area contributed by atoms with Crippen LogP contribution in [0.2, 0.25) is 0 Å². The van der Waals surface area contributed by atoms with Gasteiger partial charge in [-0.05, 0) is 36.9 Å². The van der Waals surface area contributed by atoms with E-state index < -0.39 is 11.7 Å². The molecule has 0 bridgehead atoms. The van der Waals surface area contributed by atoms with Crippen molar-refractivity contribution in [1.82, 2.24) is 24.6 Å². The molecule has 24 heavy (non-hydrogen) atoms. The van der Waals surface area contributed by atoms with Crippen molar-refractivity contribution in [2.45, 2.75) is 23.3 Å². The van der Waals surface area contributed by atoms with E-state index in [-0.39, 0.29) is 0 Å². The van der Waals surface area contributed by atoms with Crippen LogP contribution in [0.1, 0.15) is 10.4 Å². The first-order valence-corrected chi connectivity index (χ1v) is 8.36. The van der Waals surface area contributed by atoms with Crippen LogP contribution in [0.15, 0.2) is 40.9 Å². The monoisotopic (exact) mass is 367 g/mol. The van der Waals surface area contributed by atoms with E-state index in [4.69, 9.17) is 0 Å². The molecule has 10 heteroatoms. The maximum atomic E-state index is 12.9. The Balaban J connectivity index is 1.81. The van der Waals surface area contributed by atoms with E-state index in [0.717, 1.165) is 39.1 Å². The molecule has 0 saturated carbocycles. The molecule has 0 aliphatic rings. The smallest absolute Gasteiger partial charge is 0.277 e. The summed E-state index contributed by atoms with van der Waals surface area (Å²) >= 11 is 2.70. The summed E-state index contributed by atoms with van der Waals surface area (Å²) in [6.07, 6.45) is -1.99. The molecule has 0 saturated heterocycles. The Hall–Kier alpha value is -2.20. The summed E-state index contributed by atoms with van der Waals surface area (Å²) in [6, 6.07) is 4.24. The molecule has 0 radical (unpaired) electrons. The fourth-order valence-corrected chi connectivity index (χ4v) is 4.01. The lowest BCUT2D eigenvalue weighted by Crippen LogP contribution is -2.06. The number of hydrogen-bond acceptors (Lipinski definition) is 6. The molecule has 0 atom stereocenters. The standard InChI is InChI=1S/C14H8F3N5S2/c1-7-4-9-11(23-7)18-6-19-12(9)24-13-21-20-10-3-2-8(5-22(10)13)14(15,16)17/h2-6H,1H3. The van der Waals surface area contributed by atoms with E-state index >= 15 is 0 Å². The summed E-state index contributed by atoms with van der Waals surface area (Å²) < 4.78 is 40.1. The third-order valence-corrected chi connectivity index (χ3v) is 5.24. The first-order valence-electron chi connectivity index (χ1n) is 6.73. The molecule has 0 amide bonds. The van der Waals surface area contributed by atoms with Crippen LogP contribution in [0.25, 0.3) is 15.9 Å². The van der Waals surface area contributed by atoms with Gasteiger partial charge in [-0.1, -0.05) is 0 Å². The maximum absolute atomic E-state index is 12.9. The Labute approximate surface area is 141 Å². The van der Waals surface area contributed by atoms with E-state index in [0.29, 0.717) is 15.8 Å². The lowest BCUT2D eigenvalue weighted by atomic mass is 10.3. The van der Waals surface area contributed by atoms with Crippen molar-refractivity contribution in [3.05, 3.63) is 41.2 Å². The predicted octanol–water partition coefficient (Wildman–Crippen LogP) is 4.21. The van der Waals surface area contributed by atoms with Crippen LogP contribution >= 0.6 is 23.1 Å². The third kappa shape index (κ3) is 2.61. The highest BCUT2D eigenvalue weighted by Gasteiger charge is 2.31. The zero-order valence-electron chi connectivity index (χ0n) is 12.1. The van der Waals surface area contributed by atoms with Gasteiger partial charge >= 0.3 is 6.18 Å². The highest BCUT2D eigenvalue weighted by Crippen LogP contribution is 2.35. The number of rotatable bonds is 2. The quantitative estimate of drug-likeness (QED) is 0.497. The number of alkyl halides is 3. The Kier molecular flexibility index (Phi) is 3.46. The zero-order valence-corrected chi connectivity index (χ0v) is 13.7. The Bertz CT molecular complexity index is 1050. The number of fused-ring (bicyclic) bond motifs is 2. The van der Waals surface area contributed by atoms with Gasteiger partial charge in [0.1, 0.15) is 16.2 Å². The zero-order chi connectivity index (χ0) is 16.9. The van der Waals surface area contributed by atoms with Crippen LogP contribution in [-0.2, 0) is 6.18 Å². The number of aryl methyl sites for hydroxylation is 1. The van der Waals surface area contributed by atoms with Crippen molar-refractivity contribution in [2.24, 2.45) is 0 Å². The van der Waals surface area contributed by atoms with E-state index in [1.54, 1.807) is 0 Å². The minimum Gasteiger partial charge on any atom is -0.277 e. The summed E-state index contributed by atoms with van der Waals surface area (Å²) in [4.78, 5) is 10.3. The summed E-state index contributed by atoms with van der Waals surface area (Å²) in [5.74, 6) is 0. The van der Waals surface area contributed by atoms with Crippen LogP contribution in [0.3, 0.4) is 0 Å². The second-order valence-corrected chi connectivity index (χ2v) is 7.17. The van der Waals surface area contributed by atoms with Crippen LogP contribution in [0, 0.1) is 6.92 Å². The van der Waals surface area contributed by atoms with E-state index in [1.165, 1.54) is 28.1 Å². The molecule has 0 fully saturated rings. The average molecular weight is 367 g/mol. The van der Waals surface area contributed by atoms with Gasteiger partial charge in [0.15, 0.2) is 5.65 Å². The summed E-state index contributed by atoms with van der Waals surface area (Å²) in [5, 5.41) is 9.70. The number of hydrogen-bond donors (Lipinski definition) is 0. The van der Waals surface area contributed by atoms with E-state index in [2.05, 4.69) is 20.2 Å². The minimum atomic E-state index is -4.42. The summed E-state index contributed by atoms with van der Waals surface area (Å²) in [6.45, 7) is 1.96. The Morgan fingerprint density at radius 2 is 2.00 bits per heavy atom. The molecule has 4 aromatic heterocycles. The molecule has 0 aliphatic carbocycles. The molecule has 5 nitrogen and oxygen atoms in total. The van der Waals surface area contributed by atoms with Crippen molar-refractivity contribution in [2.75, 3.05) is 0 Å². The molecule has 0 aliphatic heterocycles. The molecule has 4 aromatic rings. The van der Waals surface area contributed by atoms with Crippen molar-refractivity contribution >= 4 is 39.0 Å². The molecule has 0 unspecified atom stereocenters. The number of pyridine rings is 1. The van der Waals surface area contributed by atoms with Gasteiger partial charge in [-0.15, -0.1) is 21.5 Å². The predicted molar refractivity (Wildman–Crippen MR) is 84.3 cm³/mol. The summed E-state index contributed by atoms with van der Waals surface area (Å²) in [7, 11) is 0. The molecule has 4 heterocycles. The molecule has 0 aromatic carbocycles. The van der Waals surface area contributed by atoms with Crippen molar-refractivity contribution in [3.63, 3.8) is 0 Å². The van der Waals surface area contributed by atoms with Crippen LogP contribution < -0.4 is 0 Å². The Morgan fingerprint density at radius 1 is 1.17 bits per heavy atom. The fraction of sp³-hybridized carbons (Fsp3) is 0.143. The second kappa shape index (κ2) is 5.42. The first kappa shape index (κ1) is 15.3. The largest absolute Gasteiger partial charge is 0.417 e. The lowest BCUT2D eigenvalue weighted by molar-refractivity contribution is -0.137. The number of thiophene rings is 1. The topological polar surface area (TPSA) is 56.0 Å². The van der Waals surface area contributed by atoms with Crippen molar-refractivity contribution in [3.8, 4) is 0 Å². The molecule has 0 N–H and O–H groups in total. The van der Waals surface area contributed by atoms with Crippen molar-refractivity contribution < 1.29 is 13.2 Å². The number of aromatic nitrogens is 5. The molecule has 122 valence electrons. The SMILES string of the molecule is Cc1cc2c(Sc3nnc4ccc(C(F)(F)F)cn34)ncnc2s1. The molecule has 0 spiro atoms. The Morgan fingerprint density at radius 3 is 2.79 bits per heavy atom. The highest BCUT2D eigenvalue weighted by atomic mass is 32.2. The van der Waals surface area contributed by atoms with Gasteiger partial charge in [0.05, 0.1) is 5.56 Å². The first-order chi connectivity index (χ1) is 11.4. The van der Waals surface area contributed by atoms with Gasteiger partial charge < -0.3 is 0 Å². The van der Waals surface area contributed by atoms with Gasteiger partial charge in [0.25, 0.3) is 0 Å². The molecule has 4 rings (SSSR count). The van der Waals surface area contributed by atoms with Crippen LogP contribution in [0.5, 0.6) is 0 Å². The minimum absolute atomic E-state index is 0.319. The van der Waals surface area contributed by atoms with Gasteiger partial charge in [-0.2, -0.15) is 13.2 Å². The van der Waals surface area contributed by atoms with Crippen LogP contribution in [-0.4, -0.2) is 24.6 Å². The average Bonchev–Trinajstić information content (AvgIpc) is 3.09. The molecular formula is C14H8F3N5S2. The third-order valence-electron chi connectivity index (χ3n) is 3.30. The normalized spacial score (nSPS) is 12.3. The van der Waals surface area contributed by atoms with Crippen LogP contribution in [0.4, 0.5) is 13.2 Å². The van der Waals surface area contributed by atoms with Gasteiger partial charge in [-0.25, -0.2) is 9.97 Å². The number of nitrogens with zero attached hydrogens (tertiary/aromatic N) is 5. The van der Waals surface area contributed by atoms with Gasteiger partial charge in [0, 0.05) is 16.5 Å². The molecular weight excluding hydrogens is 359 g/mol. The maximum Gasteiger partial charge on any atom is 0.417 e. The lowest BCUT2D eigenvalue weighted by Gasteiger charge is -2.07. The van der Waals surface area contributed by atoms with E-state index in [1.807, 2.05) is 13.0 Å². The van der Waals surface area contributed by atoms with Crippen molar-refractivity contribution in [1.29, 1.82) is 0 Å². The second-order valence-electron chi connectivity index (χ2n) is 4.98.